The molecule has 0 saturated heterocycles. The lowest BCUT2D eigenvalue weighted by Gasteiger charge is -2.20. The van der Waals surface area contributed by atoms with Crippen LogP contribution in [0, 0.1) is 0 Å². The molecule has 0 radical (unpaired) electrons. The fourth-order valence-electron chi connectivity index (χ4n) is 8.99. The Kier molecular flexibility index (Phi) is 7.60. The molecule has 0 fully saturated rings. The fraction of sp³-hybridized carbons (Fsp3) is 0. The molecule has 11 rings (SSSR count). The van der Waals surface area contributed by atoms with E-state index in [1.54, 1.807) is 0 Å². The van der Waals surface area contributed by atoms with Crippen LogP contribution in [0.3, 0.4) is 0 Å². The van der Waals surface area contributed by atoms with Gasteiger partial charge in [0.2, 0.25) is 0 Å². The molecule has 0 aliphatic carbocycles. The van der Waals surface area contributed by atoms with Crippen LogP contribution in [0.2, 0.25) is 0 Å². The summed E-state index contributed by atoms with van der Waals surface area (Å²) in [4.78, 5) is 0. The lowest BCUT2D eigenvalue weighted by atomic mass is 9.84. The van der Waals surface area contributed by atoms with Gasteiger partial charge in [-0.3, -0.25) is 0 Å². The Morgan fingerprint density at radius 2 is 0.607 bits per heavy atom. The lowest BCUT2D eigenvalue weighted by molar-refractivity contribution is 1.59. The van der Waals surface area contributed by atoms with Crippen molar-refractivity contribution in [2.45, 2.75) is 0 Å². The third kappa shape index (κ3) is 5.38. The van der Waals surface area contributed by atoms with Gasteiger partial charge in [-0.2, -0.15) is 0 Å². The molecule has 11 aromatic carbocycles. The summed E-state index contributed by atoms with van der Waals surface area (Å²) in [6.45, 7) is 0. The van der Waals surface area contributed by atoms with E-state index in [9.17, 15) is 0 Å². The first-order chi connectivity index (χ1) is 27.8. The summed E-state index contributed by atoms with van der Waals surface area (Å²) in [6, 6.07) is 80.5. The van der Waals surface area contributed by atoms with Gasteiger partial charge < -0.3 is 0 Å². The number of benzene rings is 11. The average molecular weight is 709 g/mol. The van der Waals surface area contributed by atoms with Gasteiger partial charge in [-0.25, -0.2) is 0 Å². The Balaban J connectivity index is 1.16. The Labute approximate surface area is 326 Å². The van der Waals surface area contributed by atoms with Crippen LogP contribution in [0.5, 0.6) is 0 Å². The molecule has 0 N–H and O–H groups in total. The number of fused-ring (bicyclic) bond motifs is 6. The van der Waals surface area contributed by atoms with E-state index in [0.717, 1.165) is 0 Å². The molecule has 0 unspecified atom stereocenters. The van der Waals surface area contributed by atoms with Crippen LogP contribution in [-0.2, 0) is 0 Å². The molecule has 11 aromatic rings. The minimum Gasteiger partial charge on any atom is -0.0622 e. The van der Waals surface area contributed by atoms with Gasteiger partial charge in [-0.15, -0.1) is 0 Å². The van der Waals surface area contributed by atoms with E-state index in [1.807, 2.05) is 0 Å². The van der Waals surface area contributed by atoms with Crippen molar-refractivity contribution >= 4 is 53.9 Å². The van der Waals surface area contributed by atoms with E-state index in [0.29, 0.717) is 0 Å². The highest BCUT2D eigenvalue weighted by atomic mass is 14.2. The summed E-state index contributed by atoms with van der Waals surface area (Å²) in [5.74, 6) is 0. The van der Waals surface area contributed by atoms with Gasteiger partial charge in [0.05, 0.1) is 0 Å². The third-order valence-electron chi connectivity index (χ3n) is 11.6. The summed E-state index contributed by atoms with van der Waals surface area (Å²) in [6.07, 6.45) is 0. The maximum Gasteiger partial charge on any atom is -0.00259 e. The molecule has 0 bridgehead atoms. The average Bonchev–Trinajstić information content (AvgIpc) is 3.28. The summed E-state index contributed by atoms with van der Waals surface area (Å²) < 4.78 is 0. The summed E-state index contributed by atoms with van der Waals surface area (Å²) >= 11 is 0. The Bertz CT molecular complexity index is 3230. The highest BCUT2D eigenvalue weighted by Crippen LogP contribution is 2.46. The van der Waals surface area contributed by atoms with Gasteiger partial charge in [0.15, 0.2) is 0 Å². The van der Waals surface area contributed by atoms with Gasteiger partial charge in [-0.1, -0.05) is 188 Å². The van der Waals surface area contributed by atoms with Crippen molar-refractivity contribution < 1.29 is 0 Å². The second-order valence-corrected chi connectivity index (χ2v) is 14.8. The number of hydrogen-bond donors (Lipinski definition) is 0. The second kappa shape index (κ2) is 13.2. The lowest BCUT2D eigenvalue weighted by Crippen LogP contribution is -1.93. The van der Waals surface area contributed by atoms with Crippen LogP contribution in [0.1, 0.15) is 0 Å². The van der Waals surface area contributed by atoms with E-state index in [1.165, 1.54) is 109 Å². The molecule has 0 saturated carbocycles. The highest BCUT2D eigenvalue weighted by Gasteiger charge is 2.19. The Morgan fingerprint density at radius 1 is 0.179 bits per heavy atom. The molecule has 56 heavy (non-hydrogen) atoms. The number of rotatable bonds is 5. The van der Waals surface area contributed by atoms with Gasteiger partial charge in [0.25, 0.3) is 0 Å². The maximum atomic E-state index is 2.41. The van der Waals surface area contributed by atoms with E-state index < -0.39 is 0 Å². The predicted octanol–water partition coefficient (Wildman–Crippen LogP) is 15.8. The molecule has 0 heterocycles. The first-order valence-electron chi connectivity index (χ1n) is 19.4. The molecule has 0 spiro atoms. The topological polar surface area (TPSA) is 0 Å². The van der Waals surface area contributed by atoms with Crippen molar-refractivity contribution in [3.63, 3.8) is 0 Å². The van der Waals surface area contributed by atoms with Crippen LogP contribution in [0.4, 0.5) is 0 Å². The minimum absolute atomic E-state index is 1.20. The normalized spacial score (nSPS) is 11.6. The zero-order valence-corrected chi connectivity index (χ0v) is 30.8. The number of hydrogen-bond acceptors (Lipinski definition) is 0. The SMILES string of the molecule is c1ccc(-c2cc(-c3ccc4ccc5ccccc5c4c3)cc(-c3c4ccccc4c(-c4cccc(-c5cccc6ccccc56)c4)c4ccccc34)c2)cc1. The molecule has 0 aliphatic rings. The Morgan fingerprint density at radius 3 is 1.30 bits per heavy atom. The quantitative estimate of drug-likeness (QED) is 0.123. The van der Waals surface area contributed by atoms with E-state index in [-0.39, 0.29) is 0 Å². The van der Waals surface area contributed by atoms with Crippen LogP contribution >= 0.6 is 0 Å². The molecular weight excluding hydrogens is 673 g/mol. The van der Waals surface area contributed by atoms with Gasteiger partial charge in [0.1, 0.15) is 0 Å². The maximum absolute atomic E-state index is 2.41. The molecule has 0 amide bonds. The zero-order chi connectivity index (χ0) is 37.0. The van der Waals surface area contributed by atoms with Gasteiger partial charge in [0, 0.05) is 0 Å². The molecule has 0 heteroatoms. The highest BCUT2D eigenvalue weighted by molar-refractivity contribution is 6.22. The summed E-state index contributed by atoms with van der Waals surface area (Å²) in [7, 11) is 0. The molecule has 0 aromatic heterocycles. The van der Waals surface area contributed by atoms with Crippen molar-refractivity contribution in [1.82, 2.24) is 0 Å². The monoisotopic (exact) mass is 708 g/mol. The minimum atomic E-state index is 1.20. The zero-order valence-electron chi connectivity index (χ0n) is 30.8. The van der Waals surface area contributed by atoms with Crippen molar-refractivity contribution in [3.8, 4) is 55.6 Å². The van der Waals surface area contributed by atoms with E-state index in [4.69, 9.17) is 0 Å². The van der Waals surface area contributed by atoms with Crippen LogP contribution in [0.15, 0.2) is 218 Å². The van der Waals surface area contributed by atoms with Crippen molar-refractivity contribution in [3.05, 3.63) is 218 Å². The molecular formula is C56H36. The molecule has 0 nitrogen and oxygen atoms in total. The van der Waals surface area contributed by atoms with Crippen molar-refractivity contribution in [2.75, 3.05) is 0 Å². The fourth-order valence-corrected chi connectivity index (χ4v) is 8.99. The van der Waals surface area contributed by atoms with Crippen molar-refractivity contribution in [2.24, 2.45) is 0 Å². The largest absolute Gasteiger partial charge is 0.0622 e. The third-order valence-corrected chi connectivity index (χ3v) is 11.6. The van der Waals surface area contributed by atoms with Crippen LogP contribution in [-0.4, -0.2) is 0 Å². The molecule has 0 atom stereocenters. The summed E-state index contributed by atoms with van der Waals surface area (Å²) in [5, 5.41) is 12.6. The molecule has 0 aliphatic heterocycles. The van der Waals surface area contributed by atoms with E-state index >= 15 is 0 Å². The predicted molar refractivity (Wildman–Crippen MR) is 241 cm³/mol. The van der Waals surface area contributed by atoms with Crippen LogP contribution < -0.4 is 0 Å². The molecule has 260 valence electrons. The smallest absolute Gasteiger partial charge is 0.00259 e. The van der Waals surface area contributed by atoms with E-state index in [2.05, 4.69) is 218 Å². The van der Waals surface area contributed by atoms with Gasteiger partial charge in [-0.05, 0) is 140 Å². The Hall–Kier alpha value is -7.28. The first-order valence-corrected chi connectivity index (χ1v) is 19.4. The summed E-state index contributed by atoms with van der Waals surface area (Å²) in [5.41, 5.74) is 12.3. The second-order valence-electron chi connectivity index (χ2n) is 14.8. The van der Waals surface area contributed by atoms with Crippen molar-refractivity contribution in [1.29, 1.82) is 0 Å². The van der Waals surface area contributed by atoms with Gasteiger partial charge >= 0.3 is 0 Å². The van der Waals surface area contributed by atoms with Crippen LogP contribution in [0.25, 0.3) is 109 Å². The first kappa shape index (κ1) is 32.2. The standard InChI is InChI=1S/C56H36/c1-2-14-37(15-3-1)44-33-45(41-31-30-40-29-28-39-17-5-7-22-48(39)54(40)36-41)35-46(34-44)56-52-25-10-8-23-50(52)55(51-24-9-11-26-53(51)56)43-20-12-19-42(32-43)49-27-13-18-38-16-4-6-21-47(38)49/h1-36H.